The number of hydrogen-bond donors (Lipinski definition) is 9. The number of phenolic OH excluding ortho intramolecular Hbond substituents is 1. The molecule has 0 aliphatic rings. The van der Waals surface area contributed by atoms with Crippen LogP contribution in [0.5, 0.6) is 5.75 Å². The topological polar surface area (TPSA) is 278 Å². The van der Waals surface area contributed by atoms with E-state index in [-0.39, 0.29) is 37.5 Å². The van der Waals surface area contributed by atoms with Gasteiger partial charge in [-0.2, -0.15) is 0 Å². The second-order valence-electron chi connectivity index (χ2n) is 8.29. The molecule has 0 radical (unpaired) electrons. The van der Waals surface area contributed by atoms with Crippen LogP contribution in [-0.2, 0) is 30.4 Å². The average Bonchev–Trinajstić information content (AvgIpc) is 2.80. The van der Waals surface area contributed by atoms with Crippen molar-refractivity contribution in [2.45, 2.75) is 56.8 Å². The summed E-state index contributed by atoms with van der Waals surface area (Å²) in [7, 11) is 0. The first-order valence-corrected chi connectivity index (χ1v) is 11.3. The third-order valence-corrected chi connectivity index (χ3v) is 5.08. The minimum absolute atomic E-state index is 0.0101. The Balaban J connectivity index is 2.97. The fourth-order valence-corrected chi connectivity index (χ4v) is 3.10. The number of aliphatic carboxylic acids is 1. The van der Waals surface area contributed by atoms with Crippen LogP contribution in [0, 0.1) is 0 Å². The number of phenols is 1. The van der Waals surface area contributed by atoms with E-state index in [0.717, 1.165) is 0 Å². The molecule has 0 aliphatic carbocycles. The maximum atomic E-state index is 13.0. The lowest BCUT2D eigenvalue weighted by molar-refractivity contribution is -0.142. The molecule has 0 heterocycles. The Kier molecular flexibility index (Phi) is 12.3. The van der Waals surface area contributed by atoms with Crippen molar-refractivity contribution < 1.29 is 34.2 Å². The van der Waals surface area contributed by atoms with Gasteiger partial charge < -0.3 is 49.1 Å². The fourth-order valence-electron chi connectivity index (χ4n) is 3.10. The quantitative estimate of drug-likeness (QED) is 0.0630. The zero-order chi connectivity index (χ0) is 28.1. The van der Waals surface area contributed by atoms with Crippen LogP contribution in [0.25, 0.3) is 0 Å². The number of amides is 4. The molecular weight excluding hydrogens is 488 g/mol. The standard InChI is InChI=1S/C22H34N8O7/c1-11(28-19(34)14(23)10-17(24)32)18(33)30-16(9-12-4-6-13(31)7-5-12)20(35)29-15(21(36)37)3-2-8-27-22(25)26/h4-7,11,14-16,31H,2-3,8-10,23H2,1H3,(H2,24,32)(H,28,34)(H,29,35)(H,30,33)(H,36,37)(H4,25,26,27). The molecule has 4 atom stereocenters. The fraction of sp³-hybridized carbons (Fsp3) is 0.455. The van der Waals surface area contributed by atoms with Gasteiger partial charge in [-0.05, 0) is 37.5 Å². The molecule has 0 spiro atoms. The molecule has 1 aromatic carbocycles. The van der Waals surface area contributed by atoms with Crippen LogP contribution in [0.1, 0.15) is 31.7 Å². The highest BCUT2D eigenvalue weighted by Gasteiger charge is 2.29. The van der Waals surface area contributed by atoms with E-state index in [1.54, 1.807) is 0 Å². The van der Waals surface area contributed by atoms with Crippen molar-refractivity contribution >= 4 is 35.6 Å². The zero-order valence-corrected chi connectivity index (χ0v) is 20.3. The first kappa shape index (κ1) is 30.6. The molecule has 15 heteroatoms. The van der Waals surface area contributed by atoms with Crippen molar-refractivity contribution in [1.29, 1.82) is 0 Å². The molecule has 0 saturated carbocycles. The van der Waals surface area contributed by atoms with E-state index in [4.69, 9.17) is 22.9 Å². The average molecular weight is 523 g/mol. The number of nitrogens with two attached hydrogens (primary N) is 4. The number of nitrogens with zero attached hydrogens (tertiary/aromatic N) is 1. The van der Waals surface area contributed by atoms with Crippen molar-refractivity contribution in [3.05, 3.63) is 29.8 Å². The number of carboxylic acids is 1. The number of aliphatic imine (C=N–C) groups is 1. The minimum atomic E-state index is -1.29. The lowest BCUT2D eigenvalue weighted by atomic mass is 10.0. The van der Waals surface area contributed by atoms with Crippen molar-refractivity contribution in [3.63, 3.8) is 0 Å². The number of aromatic hydroxyl groups is 1. The van der Waals surface area contributed by atoms with E-state index in [1.165, 1.54) is 31.2 Å². The monoisotopic (exact) mass is 522 g/mol. The third kappa shape index (κ3) is 11.7. The number of nitrogens with one attached hydrogen (secondary N) is 3. The van der Waals surface area contributed by atoms with E-state index < -0.39 is 60.2 Å². The Labute approximate surface area is 213 Å². The number of guanidine groups is 1. The van der Waals surface area contributed by atoms with Crippen LogP contribution in [0.2, 0.25) is 0 Å². The number of primary amides is 1. The Morgan fingerprint density at radius 2 is 1.51 bits per heavy atom. The highest BCUT2D eigenvalue weighted by Crippen LogP contribution is 2.12. The van der Waals surface area contributed by atoms with Gasteiger partial charge in [0.2, 0.25) is 23.6 Å². The third-order valence-electron chi connectivity index (χ3n) is 5.08. The molecule has 15 nitrogen and oxygen atoms in total. The van der Waals surface area contributed by atoms with Crippen LogP contribution < -0.4 is 38.9 Å². The summed E-state index contributed by atoms with van der Waals surface area (Å²) in [5.41, 5.74) is 21.6. The Hall–Kier alpha value is -4.40. The van der Waals surface area contributed by atoms with Gasteiger partial charge in [-0.15, -0.1) is 0 Å². The van der Waals surface area contributed by atoms with Gasteiger partial charge in [-0.3, -0.25) is 24.2 Å². The number of carbonyl (C=O) groups excluding carboxylic acids is 4. The van der Waals surface area contributed by atoms with E-state index in [0.29, 0.717) is 5.56 Å². The second kappa shape index (κ2) is 14.9. The van der Waals surface area contributed by atoms with Crippen molar-refractivity contribution in [3.8, 4) is 5.75 Å². The van der Waals surface area contributed by atoms with Gasteiger partial charge in [0.25, 0.3) is 0 Å². The number of carboxylic acid groups (broad SMARTS) is 1. The summed E-state index contributed by atoms with van der Waals surface area (Å²) in [5, 5.41) is 26.2. The van der Waals surface area contributed by atoms with Crippen LogP contribution in [0.15, 0.2) is 29.3 Å². The van der Waals surface area contributed by atoms with Crippen LogP contribution in [0.4, 0.5) is 0 Å². The Morgan fingerprint density at radius 3 is 2.05 bits per heavy atom. The van der Waals surface area contributed by atoms with Gasteiger partial charge in [0.05, 0.1) is 12.5 Å². The highest BCUT2D eigenvalue weighted by molar-refractivity contribution is 5.94. The molecule has 0 saturated heterocycles. The lowest BCUT2D eigenvalue weighted by Gasteiger charge is -2.24. The summed E-state index contributed by atoms with van der Waals surface area (Å²) >= 11 is 0. The second-order valence-corrected chi connectivity index (χ2v) is 8.29. The SMILES string of the molecule is CC(NC(=O)C(N)CC(N)=O)C(=O)NC(Cc1ccc(O)cc1)C(=O)NC(CCCN=C(N)N)C(=O)O. The first-order chi connectivity index (χ1) is 17.3. The van der Waals surface area contributed by atoms with Gasteiger partial charge in [0, 0.05) is 13.0 Å². The summed E-state index contributed by atoms with van der Waals surface area (Å²) in [6.07, 6.45) is -0.202. The molecule has 1 aromatic rings. The Bertz CT molecular complexity index is 995. The number of carbonyl (C=O) groups is 5. The Morgan fingerprint density at radius 1 is 0.919 bits per heavy atom. The maximum Gasteiger partial charge on any atom is 0.326 e. The van der Waals surface area contributed by atoms with Crippen LogP contribution >= 0.6 is 0 Å². The highest BCUT2D eigenvalue weighted by atomic mass is 16.4. The minimum Gasteiger partial charge on any atom is -0.508 e. The van der Waals surface area contributed by atoms with Crippen LogP contribution in [-0.4, -0.2) is 76.5 Å². The predicted octanol–water partition coefficient (Wildman–Crippen LogP) is -3.25. The number of rotatable bonds is 15. The molecule has 13 N–H and O–H groups in total. The summed E-state index contributed by atoms with van der Waals surface area (Å²) in [4.78, 5) is 64.3. The normalized spacial score (nSPS) is 13.8. The van der Waals surface area contributed by atoms with E-state index >= 15 is 0 Å². The van der Waals surface area contributed by atoms with Crippen molar-refractivity contribution in [1.82, 2.24) is 16.0 Å². The van der Waals surface area contributed by atoms with E-state index in [1.807, 2.05) is 0 Å². The molecule has 0 aromatic heterocycles. The largest absolute Gasteiger partial charge is 0.508 e. The smallest absolute Gasteiger partial charge is 0.326 e. The molecular formula is C22H34N8O7. The number of hydrogen-bond acceptors (Lipinski definition) is 8. The molecule has 204 valence electrons. The molecule has 37 heavy (non-hydrogen) atoms. The molecule has 0 fully saturated rings. The summed E-state index contributed by atoms with van der Waals surface area (Å²) in [6, 6.07) is 0.882. The van der Waals surface area contributed by atoms with Crippen molar-refractivity contribution in [2.75, 3.05) is 6.54 Å². The summed E-state index contributed by atoms with van der Waals surface area (Å²) < 4.78 is 0. The molecule has 1 rings (SSSR count). The van der Waals surface area contributed by atoms with Gasteiger partial charge in [-0.25, -0.2) is 4.79 Å². The van der Waals surface area contributed by atoms with E-state index in [9.17, 15) is 34.2 Å². The molecule has 4 unspecified atom stereocenters. The molecule has 0 aliphatic heterocycles. The van der Waals surface area contributed by atoms with Gasteiger partial charge in [-0.1, -0.05) is 12.1 Å². The van der Waals surface area contributed by atoms with Gasteiger partial charge >= 0.3 is 5.97 Å². The summed E-state index contributed by atoms with van der Waals surface area (Å²) in [5.74, 6) is -4.60. The zero-order valence-electron chi connectivity index (χ0n) is 20.3. The van der Waals surface area contributed by atoms with E-state index in [2.05, 4.69) is 20.9 Å². The van der Waals surface area contributed by atoms with Crippen LogP contribution in [0.3, 0.4) is 0 Å². The maximum absolute atomic E-state index is 13.0. The predicted molar refractivity (Wildman–Crippen MR) is 133 cm³/mol. The molecule has 0 bridgehead atoms. The van der Waals surface area contributed by atoms with Crippen molar-refractivity contribution in [2.24, 2.45) is 27.9 Å². The van der Waals surface area contributed by atoms with Gasteiger partial charge in [0.1, 0.15) is 23.9 Å². The van der Waals surface area contributed by atoms with Gasteiger partial charge in [0.15, 0.2) is 5.96 Å². The summed E-state index contributed by atoms with van der Waals surface area (Å²) in [6.45, 7) is 1.49. The lowest BCUT2D eigenvalue weighted by Crippen LogP contribution is -2.57. The number of benzene rings is 1. The first-order valence-electron chi connectivity index (χ1n) is 11.3. The molecule has 4 amide bonds.